The van der Waals surface area contributed by atoms with Gasteiger partial charge in [0.25, 0.3) is 5.91 Å². The van der Waals surface area contributed by atoms with Crippen molar-refractivity contribution in [3.8, 4) is 23.0 Å². The van der Waals surface area contributed by atoms with Crippen molar-refractivity contribution in [1.29, 1.82) is 0 Å². The molecule has 5 aromatic rings. The van der Waals surface area contributed by atoms with Crippen molar-refractivity contribution in [2.24, 2.45) is 0 Å². The molecule has 0 saturated heterocycles. The Balaban J connectivity index is 1.17. The predicted octanol–water partition coefficient (Wildman–Crippen LogP) is 4.58. The average Bonchev–Trinajstić information content (AvgIpc) is 3.41. The maximum absolute atomic E-state index is 13.7. The summed E-state index contributed by atoms with van der Waals surface area (Å²) in [5, 5.41) is 7.77. The molecular formula is C34H30N4O8S. The van der Waals surface area contributed by atoms with E-state index in [1.54, 1.807) is 72.8 Å². The lowest BCUT2D eigenvalue weighted by atomic mass is 10.1. The van der Waals surface area contributed by atoms with Crippen LogP contribution in [0.2, 0.25) is 0 Å². The minimum Gasteiger partial charge on any atom is -0.486 e. The van der Waals surface area contributed by atoms with Gasteiger partial charge >= 0.3 is 0 Å². The van der Waals surface area contributed by atoms with Crippen molar-refractivity contribution in [1.82, 2.24) is 9.78 Å². The van der Waals surface area contributed by atoms with Crippen LogP contribution in [0, 0.1) is 0 Å². The first-order valence-electron chi connectivity index (χ1n) is 15.0. The number of carbonyl (C=O) groups is 2. The zero-order valence-electron chi connectivity index (χ0n) is 25.1. The van der Waals surface area contributed by atoms with Crippen LogP contribution in [0.3, 0.4) is 0 Å². The van der Waals surface area contributed by atoms with Crippen LogP contribution in [-0.2, 0) is 33.4 Å². The zero-order valence-corrected chi connectivity index (χ0v) is 25.9. The molecule has 12 nitrogen and oxygen atoms in total. The molecule has 2 aliphatic rings. The van der Waals surface area contributed by atoms with Crippen molar-refractivity contribution < 1.29 is 37.0 Å². The first-order valence-corrected chi connectivity index (χ1v) is 16.6. The average molecular weight is 655 g/mol. The van der Waals surface area contributed by atoms with Gasteiger partial charge in [0.2, 0.25) is 15.9 Å². The van der Waals surface area contributed by atoms with Crippen LogP contribution < -0.4 is 29.0 Å². The second-order valence-corrected chi connectivity index (χ2v) is 12.8. The van der Waals surface area contributed by atoms with Gasteiger partial charge in [-0.1, -0.05) is 42.5 Å². The van der Waals surface area contributed by atoms with Crippen LogP contribution in [0.4, 0.5) is 11.5 Å². The molecule has 0 fully saturated rings. The molecule has 7 rings (SSSR count). The first kappa shape index (κ1) is 30.1. The van der Waals surface area contributed by atoms with Crippen molar-refractivity contribution in [2.45, 2.75) is 18.6 Å². The molecule has 1 amide bonds. The lowest BCUT2D eigenvalue weighted by molar-refractivity contribution is -0.115. The number of hydrogen-bond donors (Lipinski definition) is 2. The third-order valence-electron chi connectivity index (χ3n) is 7.58. The van der Waals surface area contributed by atoms with Gasteiger partial charge < -0.3 is 24.3 Å². The molecule has 0 saturated carbocycles. The molecule has 0 bridgehead atoms. The summed E-state index contributed by atoms with van der Waals surface area (Å²) in [7, 11) is -3.78. The number of rotatable bonds is 9. The van der Waals surface area contributed by atoms with Crippen molar-refractivity contribution >= 4 is 44.2 Å². The highest BCUT2D eigenvalue weighted by molar-refractivity contribution is 7.91. The number of sulfonamides is 1. The maximum Gasteiger partial charge on any atom is 0.251 e. The van der Waals surface area contributed by atoms with E-state index < -0.39 is 15.9 Å². The van der Waals surface area contributed by atoms with E-state index in [0.717, 1.165) is 0 Å². The minimum absolute atomic E-state index is 0.0213. The van der Waals surface area contributed by atoms with Crippen LogP contribution in [0.5, 0.6) is 23.0 Å². The molecule has 0 aliphatic carbocycles. The van der Waals surface area contributed by atoms with Gasteiger partial charge in [-0.05, 0) is 59.2 Å². The zero-order chi connectivity index (χ0) is 32.4. The van der Waals surface area contributed by atoms with Gasteiger partial charge in [0.1, 0.15) is 26.4 Å². The Labute approximate surface area is 270 Å². The van der Waals surface area contributed by atoms with E-state index in [2.05, 4.69) is 15.1 Å². The molecule has 0 unspecified atom stereocenters. The van der Waals surface area contributed by atoms with E-state index >= 15 is 0 Å². The number of hydrogen-bond acceptors (Lipinski definition) is 9. The number of anilines is 2. The fourth-order valence-corrected chi connectivity index (χ4v) is 6.67. The third kappa shape index (κ3) is 6.84. The van der Waals surface area contributed by atoms with Crippen molar-refractivity contribution in [3.05, 3.63) is 102 Å². The normalized spacial score (nSPS) is 13.6. The van der Waals surface area contributed by atoms with Gasteiger partial charge in [-0.15, -0.1) is 5.10 Å². The number of carbonyl (C=O) groups excluding carboxylic acids is 2. The molecule has 0 spiro atoms. The quantitative estimate of drug-likeness (QED) is 0.233. The number of amides is 1. The molecule has 0 radical (unpaired) electrons. The first-order chi connectivity index (χ1) is 22.8. The van der Waals surface area contributed by atoms with Crippen molar-refractivity contribution in [2.75, 3.05) is 36.5 Å². The fraction of sp³-hybridized carbons (Fsp3) is 0.206. The molecule has 4 aromatic carbocycles. The van der Waals surface area contributed by atoms with Gasteiger partial charge in [-0.3, -0.25) is 14.3 Å². The lowest BCUT2D eigenvalue weighted by Gasteiger charge is -2.18. The number of ether oxygens (including phenoxy) is 4. The Kier molecular flexibility index (Phi) is 8.12. The molecule has 1 aromatic heterocycles. The van der Waals surface area contributed by atoms with E-state index in [0.29, 0.717) is 77.0 Å². The van der Waals surface area contributed by atoms with E-state index in [9.17, 15) is 18.0 Å². The molecule has 13 heteroatoms. The minimum atomic E-state index is -3.78. The summed E-state index contributed by atoms with van der Waals surface area (Å²) < 4.78 is 52.2. The number of nitrogens with zero attached hydrogens (tertiary/aromatic N) is 2. The summed E-state index contributed by atoms with van der Waals surface area (Å²) in [6.07, 6.45) is -0.0184. The summed E-state index contributed by atoms with van der Waals surface area (Å²) in [6.45, 7) is 1.75. The van der Waals surface area contributed by atoms with E-state index in [4.69, 9.17) is 18.9 Å². The van der Waals surface area contributed by atoms with Gasteiger partial charge in [0, 0.05) is 5.39 Å². The summed E-state index contributed by atoms with van der Waals surface area (Å²) in [5.74, 6) is 1.52. The smallest absolute Gasteiger partial charge is 0.251 e. The van der Waals surface area contributed by atoms with E-state index in [1.165, 1.54) is 10.7 Å². The molecule has 2 aliphatic heterocycles. The number of fused-ring (bicyclic) bond motifs is 3. The van der Waals surface area contributed by atoms with Crippen LogP contribution >= 0.6 is 0 Å². The fourth-order valence-electron chi connectivity index (χ4n) is 5.48. The Bertz CT molecular complexity index is 2100. The van der Waals surface area contributed by atoms with Crippen LogP contribution in [0.25, 0.3) is 10.9 Å². The van der Waals surface area contributed by atoms with E-state index in [-0.39, 0.29) is 36.0 Å². The molecule has 47 heavy (non-hydrogen) atoms. The largest absolute Gasteiger partial charge is 0.486 e. The Morgan fingerprint density at radius 2 is 1.32 bits per heavy atom. The predicted molar refractivity (Wildman–Crippen MR) is 174 cm³/mol. The van der Waals surface area contributed by atoms with Crippen LogP contribution in [0.15, 0.2) is 84.9 Å². The maximum atomic E-state index is 13.7. The second-order valence-electron chi connectivity index (χ2n) is 11.1. The van der Waals surface area contributed by atoms with Crippen LogP contribution in [-0.4, -0.2) is 56.4 Å². The van der Waals surface area contributed by atoms with Gasteiger partial charge in [0.05, 0.1) is 29.8 Å². The summed E-state index contributed by atoms with van der Waals surface area (Å²) in [6, 6.07) is 24.1. The summed E-state index contributed by atoms with van der Waals surface area (Å²) >= 11 is 0. The third-order valence-corrected chi connectivity index (χ3v) is 8.84. The summed E-state index contributed by atoms with van der Waals surface area (Å²) in [4.78, 5) is 26.9. The Hall–Kier alpha value is -5.56. The topological polar surface area (TPSA) is 147 Å². The Morgan fingerprint density at radius 3 is 1.98 bits per heavy atom. The molecule has 2 N–H and O–H groups in total. The highest BCUT2D eigenvalue weighted by Gasteiger charge is 2.22. The van der Waals surface area contributed by atoms with Crippen molar-refractivity contribution in [3.63, 3.8) is 0 Å². The Morgan fingerprint density at radius 1 is 0.702 bits per heavy atom. The van der Waals surface area contributed by atoms with Gasteiger partial charge in [-0.25, -0.2) is 8.42 Å². The number of nitrogens with one attached hydrogen (secondary N) is 2. The molecule has 0 atom stereocenters. The highest BCUT2D eigenvalue weighted by atomic mass is 32.2. The molecular weight excluding hydrogens is 624 g/mol. The molecule has 240 valence electrons. The number of benzene rings is 4. The lowest BCUT2D eigenvalue weighted by Crippen LogP contribution is -2.19. The van der Waals surface area contributed by atoms with E-state index in [1.807, 2.05) is 6.07 Å². The molecule has 3 heterocycles. The standard InChI is InChI=1S/C34H30N4O8S/c39-32(18-23-6-10-28-30(16-23)45-14-12-43-28)35-34-26-9-8-25(37-47(41,42)21-22-4-2-1-3-5-22)20-27(26)38(36-34)33(40)19-24-7-11-29-31(17-24)46-15-13-44-29/h1-11,16-17,20,37H,12-15,18-19,21H2,(H,35,36,39). The van der Waals surface area contributed by atoms with Crippen LogP contribution in [0.1, 0.15) is 21.5 Å². The highest BCUT2D eigenvalue weighted by Crippen LogP contribution is 2.33. The monoisotopic (exact) mass is 654 g/mol. The van der Waals surface area contributed by atoms with Gasteiger partial charge in [0.15, 0.2) is 28.8 Å². The second kappa shape index (κ2) is 12.7. The SMILES string of the molecule is O=C(Cc1ccc2c(c1)OCCO2)Nc1nn(C(=O)Cc2ccc3c(c2)OCCO3)c2cc(NS(=O)(=O)Cc3ccccc3)ccc12. The van der Waals surface area contributed by atoms with Gasteiger partial charge in [-0.2, -0.15) is 4.68 Å². The number of aromatic nitrogens is 2. The summed E-state index contributed by atoms with van der Waals surface area (Å²) in [5.41, 5.74) is 2.58.